The van der Waals surface area contributed by atoms with E-state index in [0.29, 0.717) is 33.1 Å². The number of aromatic nitrogens is 2. The molecule has 22 heavy (non-hydrogen) atoms. The molecule has 3 N–H and O–H groups in total. The quantitative estimate of drug-likeness (QED) is 0.795. The smallest absolute Gasteiger partial charge is 0.206 e. The standard InChI is InChI=1S/C14H15Cl2N3O3/c15-7-3-9-10(4-8(7)16)19(13-12(21)11(20)5-22-13)14(18-9)17-6-1-2-6/h3-4,6,11-13,20-21H,1-2,5H2,(H,17,18)/t11-,12-,13?/m1/s1. The van der Waals surface area contributed by atoms with Crippen LogP contribution in [0.3, 0.4) is 0 Å². The van der Waals surface area contributed by atoms with Crippen LogP contribution in [-0.2, 0) is 4.74 Å². The molecule has 8 heteroatoms. The van der Waals surface area contributed by atoms with Gasteiger partial charge < -0.3 is 20.3 Å². The zero-order valence-electron chi connectivity index (χ0n) is 11.5. The molecular weight excluding hydrogens is 329 g/mol. The fourth-order valence-corrected chi connectivity index (χ4v) is 2.99. The largest absolute Gasteiger partial charge is 0.388 e. The van der Waals surface area contributed by atoms with Crippen molar-refractivity contribution in [3.8, 4) is 0 Å². The second kappa shape index (κ2) is 5.25. The van der Waals surface area contributed by atoms with Gasteiger partial charge in [-0.2, -0.15) is 0 Å². The second-order valence-electron chi connectivity index (χ2n) is 5.76. The molecule has 0 radical (unpaired) electrons. The molecule has 2 aliphatic rings. The Labute approximate surface area is 136 Å². The zero-order chi connectivity index (χ0) is 15.4. The van der Waals surface area contributed by atoms with Crippen molar-refractivity contribution in [3.05, 3.63) is 22.2 Å². The lowest BCUT2D eigenvalue weighted by Gasteiger charge is -2.20. The molecule has 1 unspecified atom stereocenters. The Morgan fingerprint density at radius 3 is 2.59 bits per heavy atom. The van der Waals surface area contributed by atoms with Gasteiger partial charge in [0, 0.05) is 6.04 Å². The fourth-order valence-electron chi connectivity index (χ4n) is 2.67. The van der Waals surface area contributed by atoms with Gasteiger partial charge in [-0.3, -0.25) is 4.57 Å². The number of imidazole rings is 1. The summed E-state index contributed by atoms with van der Waals surface area (Å²) in [6.45, 7) is 0.0791. The van der Waals surface area contributed by atoms with Gasteiger partial charge >= 0.3 is 0 Å². The molecule has 2 aromatic rings. The van der Waals surface area contributed by atoms with Crippen molar-refractivity contribution in [2.45, 2.75) is 37.3 Å². The molecule has 1 saturated carbocycles. The van der Waals surface area contributed by atoms with E-state index in [-0.39, 0.29) is 6.61 Å². The minimum absolute atomic E-state index is 0.0791. The predicted octanol–water partition coefficient (Wildman–Crippen LogP) is 2.17. The third kappa shape index (κ3) is 2.35. The molecule has 1 saturated heterocycles. The molecule has 0 spiro atoms. The Bertz CT molecular complexity index is 732. The Balaban J connectivity index is 1.86. The maximum absolute atomic E-state index is 10.2. The van der Waals surface area contributed by atoms with Gasteiger partial charge in [-0.15, -0.1) is 0 Å². The summed E-state index contributed by atoms with van der Waals surface area (Å²) in [6.07, 6.45) is -0.480. The highest BCUT2D eigenvalue weighted by Gasteiger charge is 2.38. The molecule has 3 atom stereocenters. The van der Waals surface area contributed by atoms with E-state index in [0.717, 1.165) is 12.8 Å². The van der Waals surface area contributed by atoms with Gasteiger partial charge in [0.2, 0.25) is 5.95 Å². The molecule has 1 aromatic heterocycles. The highest BCUT2D eigenvalue weighted by molar-refractivity contribution is 6.42. The van der Waals surface area contributed by atoms with Gasteiger partial charge in [0.25, 0.3) is 0 Å². The summed E-state index contributed by atoms with van der Waals surface area (Å²) in [5.74, 6) is 0.592. The zero-order valence-corrected chi connectivity index (χ0v) is 13.1. The van der Waals surface area contributed by atoms with Gasteiger partial charge in [0.15, 0.2) is 6.23 Å². The van der Waals surface area contributed by atoms with Crippen LogP contribution < -0.4 is 5.32 Å². The number of anilines is 1. The highest BCUT2D eigenvalue weighted by atomic mass is 35.5. The molecular formula is C14H15Cl2N3O3. The van der Waals surface area contributed by atoms with Crippen LogP contribution in [0.4, 0.5) is 5.95 Å². The number of benzene rings is 1. The molecule has 6 nitrogen and oxygen atoms in total. The van der Waals surface area contributed by atoms with Crippen molar-refractivity contribution in [3.63, 3.8) is 0 Å². The first-order valence-corrected chi connectivity index (χ1v) is 7.91. The number of nitrogens with zero attached hydrogens (tertiary/aromatic N) is 2. The van der Waals surface area contributed by atoms with Crippen LogP contribution in [0.1, 0.15) is 19.1 Å². The van der Waals surface area contributed by atoms with Crippen molar-refractivity contribution in [1.82, 2.24) is 9.55 Å². The monoisotopic (exact) mass is 343 g/mol. The fraction of sp³-hybridized carbons (Fsp3) is 0.500. The van der Waals surface area contributed by atoms with E-state index in [1.807, 2.05) is 0 Å². The first-order valence-electron chi connectivity index (χ1n) is 7.16. The number of ether oxygens (including phenoxy) is 1. The van der Waals surface area contributed by atoms with Crippen molar-refractivity contribution in [1.29, 1.82) is 0 Å². The van der Waals surface area contributed by atoms with Crippen LogP contribution in [0.15, 0.2) is 12.1 Å². The van der Waals surface area contributed by atoms with Crippen LogP contribution in [0, 0.1) is 0 Å². The number of rotatable bonds is 3. The van der Waals surface area contributed by atoms with E-state index in [1.54, 1.807) is 16.7 Å². The number of aliphatic hydroxyl groups excluding tert-OH is 2. The highest BCUT2D eigenvalue weighted by Crippen LogP contribution is 2.36. The first kappa shape index (κ1) is 14.5. The van der Waals surface area contributed by atoms with E-state index in [1.165, 1.54) is 0 Å². The van der Waals surface area contributed by atoms with E-state index in [9.17, 15) is 10.2 Å². The molecule has 2 fully saturated rings. The van der Waals surface area contributed by atoms with Gasteiger partial charge in [0.05, 0.1) is 27.7 Å². The molecule has 0 bridgehead atoms. The van der Waals surface area contributed by atoms with E-state index in [2.05, 4.69) is 10.3 Å². The lowest BCUT2D eigenvalue weighted by molar-refractivity contribution is -0.0148. The molecule has 1 aromatic carbocycles. The van der Waals surface area contributed by atoms with Crippen LogP contribution in [0.5, 0.6) is 0 Å². The molecule has 0 amide bonds. The van der Waals surface area contributed by atoms with E-state index < -0.39 is 18.4 Å². The van der Waals surface area contributed by atoms with Gasteiger partial charge in [-0.25, -0.2) is 4.98 Å². The van der Waals surface area contributed by atoms with E-state index >= 15 is 0 Å². The van der Waals surface area contributed by atoms with Crippen LogP contribution >= 0.6 is 23.2 Å². The molecule has 1 aliphatic heterocycles. The maximum Gasteiger partial charge on any atom is 0.206 e. The van der Waals surface area contributed by atoms with Crippen molar-refractivity contribution in [2.24, 2.45) is 0 Å². The first-order chi connectivity index (χ1) is 10.5. The lowest BCUT2D eigenvalue weighted by Crippen LogP contribution is -2.29. The van der Waals surface area contributed by atoms with Crippen LogP contribution in [-0.4, -0.2) is 44.6 Å². The molecule has 4 rings (SSSR count). The lowest BCUT2D eigenvalue weighted by atomic mass is 10.2. The molecule has 1 aliphatic carbocycles. The number of aliphatic hydroxyl groups is 2. The second-order valence-corrected chi connectivity index (χ2v) is 6.58. The predicted molar refractivity (Wildman–Crippen MR) is 83.4 cm³/mol. The topological polar surface area (TPSA) is 79.5 Å². The van der Waals surface area contributed by atoms with Crippen molar-refractivity contribution >= 4 is 40.2 Å². The average molecular weight is 344 g/mol. The summed E-state index contributed by atoms with van der Waals surface area (Å²) in [7, 11) is 0. The Morgan fingerprint density at radius 2 is 1.95 bits per heavy atom. The summed E-state index contributed by atoms with van der Waals surface area (Å²) < 4.78 is 7.30. The summed E-state index contributed by atoms with van der Waals surface area (Å²) in [5.41, 5.74) is 1.37. The Morgan fingerprint density at radius 1 is 1.23 bits per heavy atom. The number of nitrogens with one attached hydrogen (secondary N) is 1. The van der Waals surface area contributed by atoms with Crippen LogP contribution in [0.2, 0.25) is 10.0 Å². The van der Waals surface area contributed by atoms with Gasteiger partial charge in [-0.1, -0.05) is 23.2 Å². The molecule has 118 valence electrons. The third-order valence-corrected chi connectivity index (χ3v) is 4.74. The van der Waals surface area contributed by atoms with Crippen molar-refractivity contribution < 1.29 is 14.9 Å². The normalized spacial score (nSPS) is 28.5. The van der Waals surface area contributed by atoms with Crippen molar-refractivity contribution in [2.75, 3.05) is 11.9 Å². The molecule has 2 heterocycles. The summed E-state index contributed by atoms with van der Waals surface area (Å²) in [4.78, 5) is 4.53. The minimum Gasteiger partial charge on any atom is -0.388 e. The average Bonchev–Trinajstić information content (AvgIpc) is 3.16. The van der Waals surface area contributed by atoms with Crippen LogP contribution in [0.25, 0.3) is 11.0 Å². The number of fused-ring (bicyclic) bond motifs is 1. The number of halogens is 2. The Hall–Kier alpha value is -1.05. The number of hydrogen-bond acceptors (Lipinski definition) is 5. The number of hydrogen-bond donors (Lipinski definition) is 3. The van der Waals surface area contributed by atoms with Gasteiger partial charge in [-0.05, 0) is 25.0 Å². The summed E-state index contributed by atoms with van der Waals surface area (Å²) in [5, 5.41) is 24.1. The van der Waals surface area contributed by atoms with Gasteiger partial charge in [0.1, 0.15) is 12.2 Å². The maximum atomic E-state index is 10.2. The van der Waals surface area contributed by atoms with E-state index in [4.69, 9.17) is 27.9 Å². The minimum atomic E-state index is -1.02. The summed E-state index contributed by atoms with van der Waals surface area (Å²) in [6, 6.07) is 3.77. The third-order valence-electron chi connectivity index (χ3n) is 4.02. The SMILES string of the molecule is O[C@@H]1COC(n2c(NC3CC3)nc3cc(Cl)c(Cl)cc32)[C@@H]1O. The summed E-state index contributed by atoms with van der Waals surface area (Å²) >= 11 is 12.2. The Kier molecular flexibility index (Phi) is 3.47.